The van der Waals surface area contributed by atoms with E-state index in [4.69, 9.17) is 5.73 Å². The molecular formula is C14H20N4O. The molecule has 0 radical (unpaired) electrons. The number of benzene rings is 1. The Labute approximate surface area is 112 Å². The van der Waals surface area contributed by atoms with Crippen LogP contribution in [0.25, 0.3) is 11.0 Å². The molecule has 1 heterocycles. The zero-order valence-electron chi connectivity index (χ0n) is 11.4. The number of hydrogen-bond acceptors (Lipinski definition) is 3. The minimum atomic E-state index is -0.365. The van der Waals surface area contributed by atoms with E-state index in [0.717, 1.165) is 29.8 Å². The number of imidazole rings is 1. The quantitative estimate of drug-likeness (QED) is 0.819. The molecule has 0 aliphatic heterocycles. The fraction of sp³-hybridized carbons (Fsp3) is 0.429. The summed E-state index contributed by atoms with van der Waals surface area (Å²) in [7, 11) is 0. The molecule has 0 spiro atoms. The first kappa shape index (κ1) is 13.5. The molecule has 5 nitrogen and oxygen atoms in total. The third kappa shape index (κ3) is 2.93. The van der Waals surface area contributed by atoms with E-state index in [9.17, 15) is 4.79 Å². The Morgan fingerprint density at radius 3 is 2.89 bits per heavy atom. The second kappa shape index (κ2) is 5.84. The van der Waals surface area contributed by atoms with Crippen LogP contribution >= 0.6 is 0 Å². The van der Waals surface area contributed by atoms with Crippen molar-refractivity contribution in [1.82, 2.24) is 14.9 Å². The number of nitrogens with zero attached hydrogens (tertiary/aromatic N) is 2. The fourth-order valence-corrected chi connectivity index (χ4v) is 2.18. The molecule has 102 valence electrons. The van der Waals surface area contributed by atoms with Gasteiger partial charge in [0.1, 0.15) is 11.9 Å². The maximum Gasteiger partial charge on any atom is 0.236 e. The normalized spacial score (nSPS) is 12.7. The van der Waals surface area contributed by atoms with Crippen LogP contribution in [0.2, 0.25) is 0 Å². The molecule has 0 saturated carbocycles. The number of carbonyl (C=O) groups is 1. The monoisotopic (exact) mass is 260 g/mol. The maximum atomic E-state index is 11.5. The smallest absolute Gasteiger partial charge is 0.236 e. The van der Waals surface area contributed by atoms with Crippen LogP contribution in [0.1, 0.15) is 19.2 Å². The standard InChI is InChI=1S/C14H20N4O/c1-3-8-16-12(14(15)19)9-18-10(2)17-11-6-4-5-7-13(11)18/h4-7,12,16H,3,8-9H2,1-2H3,(H2,15,19). The predicted octanol–water partition coefficient (Wildman–Crippen LogP) is 1.20. The fourth-order valence-electron chi connectivity index (χ4n) is 2.18. The highest BCUT2D eigenvalue weighted by atomic mass is 16.1. The molecule has 1 amide bonds. The van der Waals surface area contributed by atoms with Crippen LogP contribution in [0.5, 0.6) is 0 Å². The number of nitrogens with two attached hydrogens (primary N) is 1. The van der Waals surface area contributed by atoms with Crippen molar-refractivity contribution >= 4 is 16.9 Å². The summed E-state index contributed by atoms with van der Waals surface area (Å²) in [6.45, 7) is 5.29. The lowest BCUT2D eigenvalue weighted by atomic mass is 10.2. The molecule has 2 rings (SSSR count). The summed E-state index contributed by atoms with van der Waals surface area (Å²) in [5.41, 5.74) is 7.43. The van der Waals surface area contributed by atoms with E-state index < -0.39 is 0 Å². The number of aromatic nitrogens is 2. The van der Waals surface area contributed by atoms with Gasteiger partial charge in [0.2, 0.25) is 5.91 Å². The van der Waals surface area contributed by atoms with Gasteiger partial charge in [-0.25, -0.2) is 4.98 Å². The molecule has 0 aliphatic rings. The highest BCUT2D eigenvalue weighted by Crippen LogP contribution is 2.15. The SMILES string of the molecule is CCCNC(Cn1c(C)nc2ccccc21)C(N)=O. The van der Waals surface area contributed by atoms with Crippen molar-refractivity contribution in [2.24, 2.45) is 5.73 Å². The van der Waals surface area contributed by atoms with E-state index in [1.807, 2.05) is 35.8 Å². The predicted molar refractivity (Wildman–Crippen MR) is 75.7 cm³/mol. The van der Waals surface area contributed by atoms with Gasteiger partial charge in [-0.3, -0.25) is 4.79 Å². The lowest BCUT2D eigenvalue weighted by Gasteiger charge is -2.17. The third-order valence-corrected chi connectivity index (χ3v) is 3.19. The molecule has 5 heteroatoms. The van der Waals surface area contributed by atoms with Crippen LogP contribution in [0, 0.1) is 6.92 Å². The second-order valence-electron chi connectivity index (χ2n) is 4.67. The van der Waals surface area contributed by atoms with E-state index in [0.29, 0.717) is 6.54 Å². The Kier molecular flexibility index (Phi) is 4.16. The number of nitrogens with one attached hydrogen (secondary N) is 1. The van der Waals surface area contributed by atoms with Crippen molar-refractivity contribution in [2.75, 3.05) is 6.54 Å². The Hall–Kier alpha value is -1.88. The number of para-hydroxylation sites is 2. The first-order valence-corrected chi connectivity index (χ1v) is 6.58. The van der Waals surface area contributed by atoms with E-state index in [-0.39, 0.29) is 11.9 Å². The van der Waals surface area contributed by atoms with Gasteiger partial charge in [0.15, 0.2) is 0 Å². The summed E-state index contributed by atoms with van der Waals surface area (Å²) in [4.78, 5) is 16.0. The Balaban J connectivity index is 2.28. The molecule has 0 saturated heterocycles. The zero-order chi connectivity index (χ0) is 13.8. The van der Waals surface area contributed by atoms with Crippen LogP contribution in [-0.2, 0) is 11.3 Å². The summed E-state index contributed by atoms with van der Waals surface area (Å²) in [6, 6.07) is 7.54. The lowest BCUT2D eigenvalue weighted by Crippen LogP contribution is -2.44. The topological polar surface area (TPSA) is 72.9 Å². The Morgan fingerprint density at radius 1 is 1.47 bits per heavy atom. The van der Waals surface area contributed by atoms with Gasteiger partial charge in [-0.1, -0.05) is 19.1 Å². The van der Waals surface area contributed by atoms with Gasteiger partial charge in [-0.15, -0.1) is 0 Å². The molecule has 0 bridgehead atoms. The number of fused-ring (bicyclic) bond motifs is 1. The van der Waals surface area contributed by atoms with Crippen molar-refractivity contribution < 1.29 is 4.79 Å². The molecular weight excluding hydrogens is 240 g/mol. The van der Waals surface area contributed by atoms with E-state index in [2.05, 4.69) is 17.2 Å². The summed E-state index contributed by atoms with van der Waals surface area (Å²) < 4.78 is 2.04. The molecule has 3 N–H and O–H groups in total. The van der Waals surface area contributed by atoms with Crippen molar-refractivity contribution in [3.63, 3.8) is 0 Å². The number of amides is 1. The van der Waals surface area contributed by atoms with Crippen LogP contribution in [0.3, 0.4) is 0 Å². The Morgan fingerprint density at radius 2 is 2.21 bits per heavy atom. The number of carbonyl (C=O) groups excluding carboxylic acids is 1. The first-order valence-electron chi connectivity index (χ1n) is 6.58. The molecule has 0 aliphatic carbocycles. The molecule has 1 aromatic heterocycles. The molecule has 0 fully saturated rings. The average molecular weight is 260 g/mol. The van der Waals surface area contributed by atoms with Gasteiger partial charge in [0.25, 0.3) is 0 Å². The highest BCUT2D eigenvalue weighted by molar-refractivity contribution is 5.80. The molecule has 2 aromatic rings. The first-order chi connectivity index (χ1) is 9.13. The highest BCUT2D eigenvalue weighted by Gasteiger charge is 2.17. The van der Waals surface area contributed by atoms with Crippen LogP contribution in [0.4, 0.5) is 0 Å². The summed E-state index contributed by atoms with van der Waals surface area (Å²) in [5, 5.41) is 3.18. The minimum Gasteiger partial charge on any atom is -0.368 e. The number of aryl methyl sites for hydroxylation is 1. The summed E-state index contributed by atoms with van der Waals surface area (Å²) >= 11 is 0. The van der Waals surface area contributed by atoms with E-state index in [1.54, 1.807) is 0 Å². The molecule has 19 heavy (non-hydrogen) atoms. The van der Waals surface area contributed by atoms with Gasteiger partial charge >= 0.3 is 0 Å². The van der Waals surface area contributed by atoms with E-state index >= 15 is 0 Å². The summed E-state index contributed by atoms with van der Waals surface area (Å²) in [6.07, 6.45) is 0.966. The van der Waals surface area contributed by atoms with Gasteiger partial charge < -0.3 is 15.6 Å². The van der Waals surface area contributed by atoms with Crippen molar-refractivity contribution in [2.45, 2.75) is 32.9 Å². The number of rotatable bonds is 6. The minimum absolute atomic E-state index is 0.328. The van der Waals surface area contributed by atoms with Crippen LogP contribution in [-0.4, -0.2) is 28.0 Å². The largest absolute Gasteiger partial charge is 0.368 e. The molecule has 1 atom stereocenters. The molecule has 1 unspecified atom stereocenters. The number of hydrogen-bond donors (Lipinski definition) is 2. The zero-order valence-corrected chi connectivity index (χ0v) is 11.4. The van der Waals surface area contributed by atoms with Crippen molar-refractivity contribution in [1.29, 1.82) is 0 Å². The average Bonchev–Trinajstić information content (AvgIpc) is 2.70. The van der Waals surface area contributed by atoms with Gasteiger partial charge in [0, 0.05) is 6.54 Å². The Bertz CT molecular complexity index is 576. The van der Waals surface area contributed by atoms with Gasteiger partial charge in [-0.2, -0.15) is 0 Å². The van der Waals surface area contributed by atoms with Gasteiger partial charge in [0.05, 0.1) is 11.0 Å². The van der Waals surface area contributed by atoms with Crippen LogP contribution in [0.15, 0.2) is 24.3 Å². The van der Waals surface area contributed by atoms with Crippen molar-refractivity contribution in [3.05, 3.63) is 30.1 Å². The van der Waals surface area contributed by atoms with Crippen molar-refractivity contribution in [3.8, 4) is 0 Å². The van der Waals surface area contributed by atoms with Gasteiger partial charge in [-0.05, 0) is 32.0 Å². The van der Waals surface area contributed by atoms with E-state index in [1.165, 1.54) is 0 Å². The number of primary amides is 1. The second-order valence-corrected chi connectivity index (χ2v) is 4.67. The maximum absolute atomic E-state index is 11.5. The van der Waals surface area contributed by atoms with Crippen LogP contribution < -0.4 is 11.1 Å². The summed E-state index contributed by atoms with van der Waals surface area (Å²) in [5.74, 6) is 0.566. The third-order valence-electron chi connectivity index (χ3n) is 3.19. The molecule has 1 aromatic carbocycles. The lowest BCUT2D eigenvalue weighted by molar-refractivity contribution is -0.120.